The van der Waals surface area contributed by atoms with Crippen molar-refractivity contribution in [2.45, 2.75) is 26.3 Å². The Hall–Kier alpha value is -1.40. The predicted molar refractivity (Wildman–Crippen MR) is 76.6 cm³/mol. The van der Waals surface area contributed by atoms with Gasteiger partial charge in [-0.05, 0) is 25.5 Å². The first-order valence-corrected chi connectivity index (χ1v) is 7.26. The van der Waals surface area contributed by atoms with E-state index in [0.29, 0.717) is 0 Å². The third kappa shape index (κ3) is 4.05. The normalized spacial score (nSPS) is 18.1. The molecule has 1 saturated heterocycles. The van der Waals surface area contributed by atoms with Gasteiger partial charge in [0, 0.05) is 33.2 Å². The molecule has 0 bridgehead atoms. The van der Waals surface area contributed by atoms with E-state index < -0.39 is 5.97 Å². The molecule has 0 saturated carbocycles. The first kappa shape index (κ1) is 15.0. The molecule has 1 aromatic heterocycles. The Morgan fingerprint density at radius 3 is 2.65 bits per heavy atom. The van der Waals surface area contributed by atoms with E-state index in [1.165, 1.54) is 5.69 Å². The summed E-state index contributed by atoms with van der Waals surface area (Å²) in [7, 11) is 1.99. The van der Waals surface area contributed by atoms with E-state index in [4.69, 9.17) is 5.11 Å². The van der Waals surface area contributed by atoms with Crippen LogP contribution in [-0.4, -0.2) is 63.4 Å². The van der Waals surface area contributed by atoms with Crippen LogP contribution in [0.15, 0.2) is 6.07 Å². The Bertz CT molecular complexity index is 458. The maximum Gasteiger partial charge on any atom is 0.317 e. The number of rotatable bonds is 5. The van der Waals surface area contributed by atoms with Crippen molar-refractivity contribution in [3.63, 3.8) is 0 Å². The van der Waals surface area contributed by atoms with E-state index >= 15 is 0 Å². The first-order chi connectivity index (χ1) is 9.58. The van der Waals surface area contributed by atoms with E-state index in [0.717, 1.165) is 51.3 Å². The van der Waals surface area contributed by atoms with Gasteiger partial charge in [0.2, 0.25) is 0 Å². The van der Waals surface area contributed by atoms with Gasteiger partial charge in [0.05, 0.1) is 17.9 Å². The van der Waals surface area contributed by atoms with Crippen LogP contribution in [0.4, 0.5) is 0 Å². The summed E-state index contributed by atoms with van der Waals surface area (Å²) < 4.78 is 1.96. The lowest BCUT2D eigenvalue weighted by Gasteiger charge is -2.20. The van der Waals surface area contributed by atoms with Gasteiger partial charge in [-0.3, -0.25) is 19.3 Å². The third-order valence-corrected chi connectivity index (χ3v) is 3.82. The summed E-state index contributed by atoms with van der Waals surface area (Å²) in [4.78, 5) is 15.2. The van der Waals surface area contributed by atoms with Gasteiger partial charge < -0.3 is 5.11 Å². The van der Waals surface area contributed by atoms with E-state index in [1.54, 1.807) is 0 Å². The van der Waals surface area contributed by atoms with Gasteiger partial charge in [0.25, 0.3) is 0 Å². The van der Waals surface area contributed by atoms with E-state index in [-0.39, 0.29) is 6.54 Å². The molecule has 1 fully saturated rings. The second kappa shape index (κ2) is 6.85. The van der Waals surface area contributed by atoms with Gasteiger partial charge in [-0.1, -0.05) is 6.92 Å². The number of carboxylic acids is 1. The molecule has 0 radical (unpaired) electrons. The Morgan fingerprint density at radius 2 is 2.00 bits per heavy atom. The highest BCUT2D eigenvalue weighted by atomic mass is 16.4. The van der Waals surface area contributed by atoms with Gasteiger partial charge in [-0.15, -0.1) is 0 Å². The molecule has 0 unspecified atom stereocenters. The number of carbonyl (C=O) groups is 1. The topological polar surface area (TPSA) is 61.6 Å². The van der Waals surface area contributed by atoms with Crippen molar-refractivity contribution in [2.24, 2.45) is 7.05 Å². The monoisotopic (exact) mass is 280 g/mol. The molecule has 0 spiro atoms. The third-order valence-electron chi connectivity index (χ3n) is 3.82. The number of aromatic nitrogens is 2. The summed E-state index contributed by atoms with van der Waals surface area (Å²) in [6.07, 6.45) is 1.98. The highest BCUT2D eigenvalue weighted by molar-refractivity contribution is 5.69. The quantitative estimate of drug-likeness (QED) is 0.854. The molecule has 6 nitrogen and oxygen atoms in total. The van der Waals surface area contributed by atoms with Crippen molar-refractivity contribution in [3.8, 4) is 0 Å². The molecule has 6 heteroatoms. The smallest absolute Gasteiger partial charge is 0.317 e. The maximum absolute atomic E-state index is 10.8. The van der Waals surface area contributed by atoms with Crippen LogP contribution >= 0.6 is 0 Å². The maximum atomic E-state index is 10.8. The van der Waals surface area contributed by atoms with Crippen molar-refractivity contribution < 1.29 is 9.90 Å². The molecular formula is C14H24N4O2. The zero-order valence-electron chi connectivity index (χ0n) is 12.4. The van der Waals surface area contributed by atoms with Crippen molar-refractivity contribution in [1.29, 1.82) is 0 Å². The van der Waals surface area contributed by atoms with Crippen molar-refractivity contribution >= 4 is 5.97 Å². The van der Waals surface area contributed by atoms with Crippen LogP contribution in [0.5, 0.6) is 0 Å². The van der Waals surface area contributed by atoms with Crippen molar-refractivity contribution in [2.75, 3.05) is 32.7 Å². The van der Waals surface area contributed by atoms with Gasteiger partial charge in [0.15, 0.2) is 0 Å². The number of aryl methyl sites for hydroxylation is 2. The summed E-state index contributed by atoms with van der Waals surface area (Å²) in [5.41, 5.74) is 2.36. The molecule has 2 rings (SSSR count). The molecule has 1 N–H and O–H groups in total. The zero-order chi connectivity index (χ0) is 14.5. The number of carboxylic acid groups (broad SMARTS) is 1. The minimum Gasteiger partial charge on any atom is -0.480 e. The highest BCUT2D eigenvalue weighted by Gasteiger charge is 2.17. The lowest BCUT2D eigenvalue weighted by molar-refractivity contribution is -0.138. The number of aliphatic carboxylic acids is 1. The first-order valence-electron chi connectivity index (χ1n) is 7.26. The van der Waals surface area contributed by atoms with Crippen LogP contribution in [0.1, 0.15) is 24.7 Å². The van der Waals surface area contributed by atoms with E-state index in [1.807, 2.05) is 16.6 Å². The van der Waals surface area contributed by atoms with Crippen LogP contribution in [-0.2, 0) is 24.8 Å². The van der Waals surface area contributed by atoms with Gasteiger partial charge in [-0.25, -0.2) is 0 Å². The van der Waals surface area contributed by atoms with Crippen LogP contribution in [0.25, 0.3) is 0 Å². The minimum absolute atomic E-state index is 0.152. The molecule has 0 aromatic carbocycles. The van der Waals surface area contributed by atoms with Crippen LogP contribution < -0.4 is 0 Å². The average Bonchev–Trinajstić information content (AvgIpc) is 2.60. The van der Waals surface area contributed by atoms with Crippen molar-refractivity contribution in [1.82, 2.24) is 19.6 Å². The fourth-order valence-corrected chi connectivity index (χ4v) is 2.65. The van der Waals surface area contributed by atoms with Gasteiger partial charge in [0.1, 0.15) is 0 Å². The molecule has 2 heterocycles. The summed E-state index contributed by atoms with van der Waals surface area (Å²) in [5, 5.41) is 13.3. The molecule has 112 valence electrons. The fourth-order valence-electron chi connectivity index (χ4n) is 2.65. The second-order valence-corrected chi connectivity index (χ2v) is 5.40. The summed E-state index contributed by atoms with van der Waals surface area (Å²) in [6.45, 7) is 6.79. The minimum atomic E-state index is -0.738. The number of hydrogen-bond donors (Lipinski definition) is 1. The van der Waals surface area contributed by atoms with E-state index in [2.05, 4.69) is 23.0 Å². The van der Waals surface area contributed by atoms with Crippen LogP contribution in [0, 0.1) is 0 Å². The molecular weight excluding hydrogens is 256 g/mol. The zero-order valence-corrected chi connectivity index (χ0v) is 12.4. The molecule has 0 amide bonds. The Kier molecular flexibility index (Phi) is 5.14. The molecule has 0 atom stereocenters. The Morgan fingerprint density at radius 1 is 1.30 bits per heavy atom. The summed E-state index contributed by atoms with van der Waals surface area (Å²) in [6, 6.07) is 2.17. The van der Waals surface area contributed by atoms with Crippen LogP contribution in [0.2, 0.25) is 0 Å². The molecule has 1 aliphatic heterocycles. The largest absolute Gasteiger partial charge is 0.480 e. The van der Waals surface area contributed by atoms with Gasteiger partial charge >= 0.3 is 5.97 Å². The van der Waals surface area contributed by atoms with E-state index in [9.17, 15) is 4.79 Å². The molecule has 0 aliphatic carbocycles. The fraction of sp³-hybridized carbons (Fsp3) is 0.714. The summed E-state index contributed by atoms with van der Waals surface area (Å²) >= 11 is 0. The number of nitrogens with zero attached hydrogens (tertiary/aromatic N) is 4. The lowest BCUT2D eigenvalue weighted by atomic mass is 10.3. The average molecular weight is 280 g/mol. The second-order valence-electron chi connectivity index (χ2n) is 5.40. The Balaban J connectivity index is 1.90. The van der Waals surface area contributed by atoms with Gasteiger partial charge in [-0.2, -0.15) is 5.10 Å². The van der Waals surface area contributed by atoms with Crippen LogP contribution in [0.3, 0.4) is 0 Å². The van der Waals surface area contributed by atoms with Crippen molar-refractivity contribution in [3.05, 3.63) is 17.5 Å². The lowest BCUT2D eigenvalue weighted by Crippen LogP contribution is -2.34. The molecule has 20 heavy (non-hydrogen) atoms. The SMILES string of the molecule is CCc1cc(CN2CCCN(CC(=O)O)CC2)n(C)n1. The summed E-state index contributed by atoms with van der Waals surface area (Å²) in [5.74, 6) is -0.738. The predicted octanol–water partition coefficient (Wildman–Crippen LogP) is 0.575. The molecule has 1 aliphatic rings. The standard InChI is InChI=1S/C14H24N4O2/c1-3-12-9-13(16(2)15-12)10-17-5-4-6-18(8-7-17)11-14(19)20/h9H,3-8,10-11H2,1-2H3,(H,19,20). The Labute approximate surface area is 120 Å². The highest BCUT2D eigenvalue weighted by Crippen LogP contribution is 2.10. The number of hydrogen-bond acceptors (Lipinski definition) is 4. The molecule has 1 aromatic rings.